The van der Waals surface area contributed by atoms with Gasteiger partial charge in [0, 0.05) is 18.3 Å². The van der Waals surface area contributed by atoms with Crippen molar-refractivity contribution in [1.82, 2.24) is 9.55 Å². The van der Waals surface area contributed by atoms with Crippen LogP contribution in [0.25, 0.3) is 5.69 Å². The fourth-order valence-corrected chi connectivity index (χ4v) is 1.35. The van der Waals surface area contributed by atoms with E-state index in [1.165, 1.54) is 35.3 Å². The van der Waals surface area contributed by atoms with Crippen molar-refractivity contribution >= 4 is 5.69 Å². The topological polar surface area (TPSA) is 105 Å². The lowest BCUT2D eigenvalue weighted by Crippen LogP contribution is -1.93. The van der Waals surface area contributed by atoms with Crippen molar-refractivity contribution in [3.8, 4) is 17.5 Å². The Kier molecular flexibility index (Phi) is 2.46. The standard InChI is InChI=1S/C10H6N4O3/c11-4-7-5-13(6-12-7)8-1-2-9(14(16)17)10(15)3-8/h1-3,5-6,15H. The van der Waals surface area contributed by atoms with Crippen LogP contribution < -0.4 is 0 Å². The number of nitrogens with zero attached hydrogens (tertiary/aromatic N) is 4. The molecule has 0 bridgehead atoms. The van der Waals surface area contributed by atoms with Crippen LogP contribution in [0, 0.1) is 21.4 Å². The number of nitriles is 1. The minimum absolute atomic E-state index is 0.225. The maximum atomic E-state index is 10.5. The molecule has 0 unspecified atom stereocenters. The molecule has 0 fully saturated rings. The van der Waals surface area contributed by atoms with Crippen LogP contribution in [0.1, 0.15) is 5.69 Å². The first-order chi connectivity index (χ1) is 8.11. The molecule has 0 spiro atoms. The molecule has 0 saturated heterocycles. The minimum Gasteiger partial charge on any atom is -0.502 e. The van der Waals surface area contributed by atoms with Gasteiger partial charge in [0.15, 0.2) is 11.4 Å². The SMILES string of the molecule is N#Cc1cn(-c2ccc([N+](=O)[O-])c(O)c2)cn1. The van der Waals surface area contributed by atoms with Crippen molar-refractivity contribution in [2.45, 2.75) is 0 Å². The number of phenols is 1. The third-order valence-corrected chi connectivity index (χ3v) is 2.15. The molecule has 1 aromatic heterocycles. The second-order valence-electron chi connectivity index (χ2n) is 3.21. The second-order valence-corrected chi connectivity index (χ2v) is 3.21. The molecule has 0 aliphatic heterocycles. The quantitative estimate of drug-likeness (QED) is 0.619. The van der Waals surface area contributed by atoms with Crippen molar-refractivity contribution in [2.24, 2.45) is 0 Å². The molecule has 7 nitrogen and oxygen atoms in total. The van der Waals surface area contributed by atoms with Crippen LogP contribution in [-0.4, -0.2) is 19.6 Å². The Hall–Kier alpha value is -2.88. The first-order valence-electron chi connectivity index (χ1n) is 4.53. The predicted octanol–water partition coefficient (Wildman–Crippen LogP) is 1.36. The lowest BCUT2D eigenvalue weighted by atomic mass is 10.2. The predicted molar refractivity (Wildman–Crippen MR) is 56.6 cm³/mol. The van der Waals surface area contributed by atoms with Gasteiger partial charge in [0.1, 0.15) is 12.4 Å². The highest BCUT2D eigenvalue weighted by Crippen LogP contribution is 2.27. The third-order valence-electron chi connectivity index (χ3n) is 2.15. The van der Waals surface area contributed by atoms with Crippen molar-refractivity contribution in [1.29, 1.82) is 5.26 Å². The van der Waals surface area contributed by atoms with Crippen LogP contribution >= 0.6 is 0 Å². The summed E-state index contributed by atoms with van der Waals surface area (Å²) in [4.78, 5) is 13.6. The highest BCUT2D eigenvalue weighted by Gasteiger charge is 2.13. The summed E-state index contributed by atoms with van der Waals surface area (Å²) in [5, 5.41) is 28.6. The first kappa shape index (κ1) is 10.6. The van der Waals surface area contributed by atoms with Gasteiger partial charge in [-0.1, -0.05) is 0 Å². The molecule has 7 heteroatoms. The average molecular weight is 230 g/mol. The molecule has 0 atom stereocenters. The Labute approximate surface area is 95.3 Å². The fourth-order valence-electron chi connectivity index (χ4n) is 1.35. The monoisotopic (exact) mass is 230 g/mol. The number of hydrogen-bond donors (Lipinski definition) is 1. The van der Waals surface area contributed by atoms with Crippen LogP contribution in [0.3, 0.4) is 0 Å². The summed E-state index contributed by atoms with van der Waals surface area (Å²) in [6.07, 6.45) is 2.85. The zero-order valence-corrected chi connectivity index (χ0v) is 8.44. The smallest absolute Gasteiger partial charge is 0.310 e. The number of nitro groups is 1. The number of imidazole rings is 1. The third kappa shape index (κ3) is 1.91. The van der Waals surface area contributed by atoms with E-state index in [-0.39, 0.29) is 11.4 Å². The summed E-state index contributed by atoms with van der Waals surface area (Å²) >= 11 is 0. The summed E-state index contributed by atoms with van der Waals surface area (Å²) in [7, 11) is 0. The molecule has 0 saturated carbocycles. The summed E-state index contributed by atoms with van der Waals surface area (Å²) in [6, 6.07) is 5.75. The number of rotatable bonds is 2. The molecule has 2 aromatic rings. The molecule has 0 amide bonds. The molecule has 84 valence electrons. The molecule has 0 aliphatic rings. The number of aromatic nitrogens is 2. The van der Waals surface area contributed by atoms with E-state index in [0.29, 0.717) is 5.69 Å². The van der Waals surface area contributed by atoms with Crippen LogP contribution in [0.5, 0.6) is 5.75 Å². The number of benzene rings is 1. The van der Waals surface area contributed by atoms with Crippen molar-refractivity contribution in [2.75, 3.05) is 0 Å². The van der Waals surface area contributed by atoms with E-state index in [1.807, 2.05) is 6.07 Å². The fraction of sp³-hybridized carbons (Fsp3) is 0. The zero-order valence-electron chi connectivity index (χ0n) is 8.44. The largest absolute Gasteiger partial charge is 0.502 e. The number of nitro benzene ring substituents is 1. The zero-order chi connectivity index (χ0) is 12.4. The van der Waals surface area contributed by atoms with E-state index in [9.17, 15) is 15.2 Å². The molecule has 0 aliphatic carbocycles. The van der Waals surface area contributed by atoms with Gasteiger partial charge in [-0.15, -0.1) is 0 Å². The Balaban J connectivity index is 2.45. The lowest BCUT2D eigenvalue weighted by Gasteiger charge is -2.02. The highest BCUT2D eigenvalue weighted by molar-refractivity contribution is 5.52. The molecular formula is C10H6N4O3. The number of phenolic OH excluding ortho intramolecular Hbond substituents is 1. The number of hydrogen-bond acceptors (Lipinski definition) is 5. The van der Waals surface area contributed by atoms with Gasteiger partial charge in [-0.25, -0.2) is 4.98 Å². The molecule has 17 heavy (non-hydrogen) atoms. The van der Waals surface area contributed by atoms with Gasteiger partial charge >= 0.3 is 5.69 Å². The van der Waals surface area contributed by atoms with Crippen LogP contribution in [0.15, 0.2) is 30.7 Å². The van der Waals surface area contributed by atoms with Crippen LogP contribution in [0.2, 0.25) is 0 Å². The first-order valence-corrected chi connectivity index (χ1v) is 4.53. The van der Waals surface area contributed by atoms with Crippen LogP contribution in [-0.2, 0) is 0 Å². The van der Waals surface area contributed by atoms with Gasteiger partial charge in [-0.3, -0.25) is 10.1 Å². The van der Waals surface area contributed by atoms with Crippen molar-refractivity contribution in [3.05, 3.63) is 46.5 Å². The van der Waals surface area contributed by atoms with E-state index in [4.69, 9.17) is 5.26 Å². The molecule has 1 heterocycles. The maximum absolute atomic E-state index is 10.5. The van der Waals surface area contributed by atoms with Crippen molar-refractivity contribution < 1.29 is 10.0 Å². The van der Waals surface area contributed by atoms with Gasteiger partial charge in [-0.05, 0) is 6.07 Å². The summed E-state index contributed by atoms with van der Waals surface area (Å²) in [5.41, 5.74) is 0.347. The van der Waals surface area contributed by atoms with E-state index < -0.39 is 10.7 Å². The normalized spacial score (nSPS) is 9.82. The second kappa shape index (κ2) is 3.94. The Bertz CT molecular complexity index is 627. The van der Waals surface area contributed by atoms with Crippen LogP contribution in [0.4, 0.5) is 5.69 Å². The molecule has 0 radical (unpaired) electrons. The van der Waals surface area contributed by atoms with E-state index in [2.05, 4.69) is 4.98 Å². The van der Waals surface area contributed by atoms with E-state index in [0.717, 1.165) is 0 Å². The minimum atomic E-state index is -0.673. The van der Waals surface area contributed by atoms with E-state index >= 15 is 0 Å². The van der Waals surface area contributed by atoms with Gasteiger partial charge in [0.25, 0.3) is 0 Å². The van der Waals surface area contributed by atoms with Crippen molar-refractivity contribution in [3.63, 3.8) is 0 Å². The number of aromatic hydroxyl groups is 1. The lowest BCUT2D eigenvalue weighted by molar-refractivity contribution is -0.385. The maximum Gasteiger partial charge on any atom is 0.310 e. The summed E-state index contributed by atoms with van der Waals surface area (Å²) in [6.45, 7) is 0. The van der Waals surface area contributed by atoms with Gasteiger partial charge in [0.05, 0.1) is 10.6 Å². The van der Waals surface area contributed by atoms with Gasteiger partial charge in [0.2, 0.25) is 0 Å². The Morgan fingerprint density at radius 2 is 2.29 bits per heavy atom. The molecular weight excluding hydrogens is 224 g/mol. The Morgan fingerprint density at radius 3 is 2.82 bits per heavy atom. The van der Waals surface area contributed by atoms with Gasteiger partial charge in [-0.2, -0.15) is 5.26 Å². The molecule has 1 N–H and O–H groups in total. The van der Waals surface area contributed by atoms with E-state index in [1.54, 1.807) is 0 Å². The molecule has 1 aromatic carbocycles. The average Bonchev–Trinajstić information content (AvgIpc) is 2.76. The van der Waals surface area contributed by atoms with Gasteiger partial charge < -0.3 is 9.67 Å². The molecule has 2 rings (SSSR count). The highest BCUT2D eigenvalue weighted by atomic mass is 16.6. The summed E-state index contributed by atoms with van der Waals surface area (Å²) < 4.78 is 1.49. The summed E-state index contributed by atoms with van der Waals surface area (Å²) in [5.74, 6) is -0.431. The Morgan fingerprint density at radius 1 is 1.53 bits per heavy atom.